The van der Waals surface area contributed by atoms with Gasteiger partial charge in [0.1, 0.15) is 23.8 Å². The molecule has 180 valence electrons. The fourth-order valence-corrected chi connectivity index (χ4v) is 4.88. The van der Waals surface area contributed by atoms with Crippen LogP contribution in [0.25, 0.3) is 0 Å². The Morgan fingerprint density at radius 3 is 2.68 bits per heavy atom. The number of aliphatic hydroxyl groups is 1. The summed E-state index contributed by atoms with van der Waals surface area (Å²) in [5.41, 5.74) is 2.09. The third-order valence-corrected chi connectivity index (χ3v) is 6.80. The van der Waals surface area contributed by atoms with Gasteiger partial charge in [0.2, 0.25) is 11.8 Å². The summed E-state index contributed by atoms with van der Waals surface area (Å²) in [5.74, 6) is 0.562. The number of aliphatic hydroxyl groups excluding tert-OH is 1. The molecule has 2 aromatic carbocycles. The Balaban J connectivity index is 1.23. The highest BCUT2D eigenvalue weighted by Gasteiger charge is 2.46. The molecule has 3 aliphatic rings. The lowest BCUT2D eigenvalue weighted by atomic mass is 9.84. The number of nitrogens with one attached hydrogen (secondary N) is 2. The molecule has 2 heterocycles. The molecule has 0 spiro atoms. The zero-order chi connectivity index (χ0) is 23.7. The van der Waals surface area contributed by atoms with Crippen molar-refractivity contribution in [3.8, 4) is 5.75 Å². The fraction of sp³-hybridized carbons (Fsp3) is 0.462. The van der Waals surface area contributed by atoms with Crippen LogP contribution in [0.3, 0.4) is 0 Å². The highest BCUT2D eigenvalue weighted by Crippen LogP contribution is 2.47. The van der Waals surface area contributed by atoms with Crippen LogP contribution < -0.4 is 15.4 Å². The number of benzene rings is 2. The second-order valence-electron chi connectivity index (χ2n) is 9.42. The van der Waals surface area contributed by atoms with Gasteiger partial charge in [0.05, 0.1) is 19.1 Å². The summed E-state index contributed by atoms with van der Waals surface area (Å²) in [6, 6.07) is 11.9. The quantitative estimate of drug-likeness (QED) is 0.553. The number of anilines is 1. The molecule has 2 fully saturated rings. The van der Waals surface area contributed by atoms with Crippen LogP contribution in [0.2, 0.25) is 0 Å². The molecule has 0 unspecified atom stereocenters. The zero-order valence-electron chi connectivity index (χ0n) is 18.8. The summed E-state index contributed by atoms with van der Waals surface area (Å²) >= 11 is 0. The van der Waals surface area contributed by atoms with E-state index >= 15 is 0 Å². The van der Waals surface area contributed by atoms with Gasteiger partial charge >= 0.3 is 0 Å². The molecule has 1 saturated heterocycles. The second-order valence-corrected chi connectivity index (χ2v) is 9.42. The number of hydrogen-bond acceptors (Lipinski definition) is 5. The normalized spacial score (nSPS) is 25.1. The fourth-order valence-electron chi connectivity index (χ4n) is 4.88. The molecule has 34 heavy (non-hydrogen) atoms. The summed E-state index contributed by atoms with van der Waals surface area (Å²) < 4.78 is 25.9. The van der Waals surface area contributed by atoms with Crippen molar-refractivity contribution in [2.24, 2.45) is 5.92 Å². The van der Waals surface area contributed by atoms with E-state index in [4.69, 9.17) is 9.47 Å². The number of hydrogen-bond donors (Lipinski definition) is 3. The molecule has 0 aromatic heterocycles. The molecule has 2 aromatic rings. The number of carbonyl (C=O) groups excluding carboxylic acids is 2. The van der Waals surface area contributed by atoms with Gasteiger partial charge in [-0.2, -0.15) is 0 Å². The molecular formula is C26H29FN2O5. The lowest BCUT2D eigenvalue weighted by Crippen LogP contribution is -2.47. The first-order chi connectivity index (χ1) is 16.5. The van der Waals surface area contributed by atoms with Gasteiger partial charge in [0, 0.05) is 35.7 Å². The number of amides is 2. The van der Waals surface area contributed by atoms with E-state index < -0.39 is 12.2 Å². The van der Waals surface area contributed by atoms with Crippen molar-refractivity contribution >= 4 is 17.5 Å². The van der Waals surface area contributed by atoms with Gasteiger partial charge in [-0.15, -0.1) is 0 Å². The highest BCUT2D eigenvalue weighted by atomic mass is 19.1. The van der Waals surface area contributed by atoms with E-state index in [1.54, 1.807) is 18.2 Å². The van der Waals surface area contributed by atoms with Crippen molar-refractivity contribution in [2.75, 3.05) is 11.9 Å². The van der Waals surface area contributed by atoms with Crippen LogP contribution in [0.4, 0.5) is 10.1 Å². The first-order valence-electron chi connectivity index (χ1n) is 11.9. The molecule has 0 bridgehead atoms. The van der Waals surface area contributed by atoms with Gasteiger partial charge in [0.25, 0.3) is 0 Å². The molecule has 0 radical (unpaired) electrons. The minimum atomic E-state index is -0.566. The van der Waals surface area contributed by atoms with Crippen LogP contribution in [-0.4, -0.2) is 41.8 Å². The van der Waals surface area contributed by atoms with Crippen LogP contribution in [0.5, 0.6) is 5.75 Å². The van der Waals surface area contributed by atoms with Crippen molar-refractivity contribution in [3.05, 3.63) is 59.4 Å². The molecular weight excluding hydrogens is 439 g/mol. The summed E-state index contributed by atoms with van der Waals surface area (Å²) in [6.45, 7) is -0.128. The number of halogens is 1. The van der Waals surface area contributed by atoms with Crippen molar-refractivity contribution in [1.29, 1.82) is 0 Å². The molecule has 1 aliphatic carbocycles. The average molecular weight is 469 g/mol. The van der Waals surface area contributed by atoms with E-state index in [1.165, 1.54) is 6.07 Å². The smallest absolute Gasteiger partial charge is 0.224 e. The average Bonchev–Trinajstić information content (AvgIpc) is 3.56. The molecule has 3 N–H and O–H groups in total. The van der Waals surface area contributed by atoms with E-state index in [2.05, 4.69) is 10.6 Å². The van der Waals surface area contributed by atoms with Crippen LogP contribution in [0.1, 0.15) is 49.1 Å². The highest BCUT2D eigenvalue weighted by molar-refractivity contribution is 5.91. The molecule has 2 aliphatic heterocycles. The molecule has 5 rings (SSSR count). The Labute approximate surface area is 197 Å². The van der Waals surface area contributed by atoms with E-state index in [0.717, 1.165) is 24.1 Å². The minimum Gasteiger partial charge on any atom is -0.487 e. The molecule has 7 nitrogen and oxygen atoms in total. The van der Waals surface area contributed by atoms with E-state index in [-0.39, 0.29) is 49.2 Å². The second kappa shape index (κ2) is 9.72. The molecule has 4 atom stereocenters. The maximum atomic E-state index is 13.8. The number of ether oxygens (including phenoxy) is 2. The van der Waals surface area contributed by atoms with E-state index in [9.17, 15) is 19.1 Å². The van der Waals surface area contributed by atoms with Gasteiger partial charge in [-0.1, -0.05) is 18.2 Å². The van der Waals surface area contributed by atoms with Gasteiger partial charge in [0.15, 0.2) is 0 Å². The summed E-state index contributed by atoms with van der Waals surface area (Å²) in [4.78, 5) is 24.8. The molecule has 1 saturated carbocycles. The summed E-state index contributed by atoms with van der Waals surface area (Å²) in [7, 11) is 0. The third-order valence-electron chi connectivity index (χ3n) is 6.80. The Bertz CT molecular complexity index is 1070. The van der Waals surface area contributed by atoms with Crippen LogP contribution in [0.15, 0.2) is 42.5 Å². The minimum absolute atomic E-state index is 0.0162. The van der Waals surface area contributed by atoms with Crippen molar-refractivity contribution < 1.29 is 28.6 Å². The maximum Gasteiger partial charge on any atom is 0.224 e. The number of fused-ring (bicyclic) bond motifs is 3. The third kappa shape index (κ3) is 5.08. The van der Waals surface area contributed by atoms with Gasteiger partial charge in [-0.25, -0.2) is 4.39 Å². The first kappa shape index (κ1) is 22.8. The van der Waals surface area contributed by atoms with Crippen molar-refractivity contribution in [3.63, 3.8) is 0 Å². The predicted molar refractivity (Wildman–Crippen MR) is 123 cm³/mol. The first-order valence-corrected chi connectivity index (χ1v) is 11.9. The van der Waals surface area contributed by atoms with Gasteiger partial charge in [-0.05, 0) is 49.4 Å². The monoisotopic (exact) mass is 468 g/mol. The summed E-state index contributed by atoms with van der Waals surface area (Å²) in [5, 5.41) is 15.6. The largest absolute Gasteiger partial charge is 0.487 e. The standard InChI is InChI=1S/C26H29FN2O5/c27-21-4-2-1-3-16(21)13-28-24(31)12-18-11-20-19-10-17(29-25(32)9-15-5-6-15)7-8-22(19)34-26(20)23(14-30)33-18/h1-4,7-8,10,15,18,20,23,26,30H,5-6,9,11-14H2,(H,28,31)(H,29,32)/t18-,20+,23+,26-/m1/s1. The Kier molecular flexibility index (Phi) is 6.52. The maximum absolute atomic E-state index is 13.8. The topological polar surface area (TPSA) is 96.9 Å². The summed E-state index contributed by atoms with van der Waals surface area (Å²) in [6.07, 6.45) is 2.09. The van der Waals surface area contributed by atoms with Crippen molar-refractivity contribution in [2.45, 2.75) is 62.9 Å². The Morgan fingerprint density at radius 1 is 1.09 bits per heavy atom. The van der Waals surface area contributed by atoms with Crippen molar-refractivity contribution in [1.82, 2.24) is 5.32 Å². The SMILES string of the molecule is O=C(C[C@H]1C[C@H]2c3cc(NC(=O)CC4CC4)ccc3O[C@H]2[C@H](CO)O1)NCc1ccccc1F. The van der Waals surface area contributed by atoms with E-state index in [1.807, 2.05) is 18.2 Å². The lowest BCUT2D eigenvalue weighted by Gasteiger charge is -2.37. The number of rotatable bonds is 8. The van der Waals surface area contributed by atoms with Crippen LogP contribution in [-0.2, 0) is 20.9 Å². The predicted octanol–water partition coefficient (Wildman–Crippen LogP) is 3.27. The van der Waals surface area contributed by atoms with Gasteiger partial charge in [-0.3, -0.25) is 9.59 Å². The Hall–Kier alpha value is -2.97. The zero-order valence-corrected chi connectivity index (χ0v) is 18.8. The molecule has 8 heteroatoms. The Morgan fingerprint density at radius 2 is 1.91 bits per heavy atom. The molecule has 2 amide bonds. The van der Waals surface area contributed by atoms with Crippen LogP contribution in [0, 0.1) is 11.7 Å². The number of carbonyl (C=O) groups is 2. The van der Waals surface area contributed by atoms with Gasteiger partial charge < -0.3 is 25.2 Å². The van der Waals surface area contributed by atoms with E-state index in [0.29, 0.717) is 30.1 Å². The van der Waals surface area contributed by atoms with Crippen LogP contribution >= 0.6 is 0 Å². The lowest BCUT2D eigenvalue weighted by molar-refractivity contribution is -0.142.